The Morgan fingerprint density at radius 1 is 1.03 bits per heavy atom. The summed E-state index contributed by atoms with van der Waals surface area (Å²) in [5.74, 6) is 1.35. The van der Waals surface area contributed by atoms with Gasteiger partial charge in [0.2, 0.25) is 5.91 Å². The highest BCUT2D eigenvalue weighted by Gasteiger charge is 2.19. The van der Waals surface area contributed by atoms with E-state index in [9.17, 15) is 4.79 Å². The molecule has 8 heteroatoms. The third kappa shape index (κ3) is 5.93. The molecule has 0 saturated carbocycles. The average Bonchev–Trinajstić information content (AvgIpc) is 3.32. The van der Waals surface area contributed by atoms with Crippen LogP contribution in [0.4, 0.5) is 5.69 Å². The molecule has 0 fully saturated rings. The second-order valence-corrected chi connectivity index (χ2v) is 8.54. The zero-order chi connectivity index (χ0) is 23.0. The van der Waals surface area contributed by atoms with E-state index in [1.165, 1.54) is 11.8 Å². The van der Waals surface area contributed by atoms with E-state index in [1.54, 1.807) is 13.4 Å². The van der Waals surface area contributed by atoms with Crippen LogP contribution in [0.1, 0.15) is 12.5 Å². The number of methoxy groups -OCH3 is 1. The van der Waals surface area contributed by atoms with Gasteiger partial charge in [-0.1, -0.05) is 48.2 Å². The zero-order valence-electron chi connectivity index (χ0n) is 18.3. The van der Waals surface area contributed by atoms with Crippen molar-refractivity contribution in [2.75, 3.05) is 12.4 Å². The van der Waals surface area contributed by atoms with Crippen molar-refractivity contribution < 1.29 is 14.3 Å². The van der Waals surface area contributed by atoms with Gasteiger partial charge in [-0.25, -0.2) is 0 Å². The van der Waals surface area contributed by atoms with Crippen LogP contribution in [0.5, 0.6) is 11.5 Å². The van der Waals surface area contributed by atoms with Gasteiger partial charge >= 0.3 is 0 Å². The number of rotatable bonds is 9. The summed E-state index contributed by atoms with van der Waals surface area (Å²) < 4.78 is 12.9. The number of amides is 1. The second-order valence-electron chi connectivity index (χ2n) is 7.23. The highest BCUT2D eigenvalue weighted by atomic mass is 32.2. The molecule has 1 unspecified atom stereocenters. The van der Waals surface area contributed by atoms with Crippen molar-refractivity contribution in [1.82, 2.24) is 14.8 Å². The van der Waals surface area contributed by atoms with Crippen molar-refractivity contribution in [1.29, 1.82) is 0 Å². The van der Waals surface area contributed by atoms with Crippen LogP contribution in [0, 0.1) is 0 Å². The van der Waals surface area contributed by atoms with E-state index >= 15 is 0 Å². The first-order chi connectivity index (χ1) is 16.1. The largest absolute Gasteiger partial charge is 0.497 e. The number of ether oxygens (including phenoxy) is 2. The first-order valence-corrected chi connectivity index (χ1v) is 11.3. The molecule has 0 bridgehead atoms. The van der Waals surface area contributed by atoms with Crippen LogP contribution in [-0.2, 0) is 11.4 Å². The smallest absolute Gasteiger partial charge is 0.237 e. The van der Waals surface area contributed by atoms with E-state index in [2.05, 4.69) is 15.5 Å². The van der Waals surface area contributed by atoms with Crippen molar-refractivity contribution >= 4 is 23.4 Å². The molecule has 33 heavy (non-hydrogen) atoms. The average molecular weight is 461 g/mol. The molecule has 1 atom stereocenters. The number of hydrogen-bond donors (Lipinski definition) is 1. The Morgan fingerprint density at radius 2 is 1.82 bits per heavy atom. The van der Waals surface area contributed by atoms with Crippen molar-refractivity contribution in [3.63, 3.8) is 0 Å². The van der Waals surface area contributed by atoms with Crippen molar-refractivity contribution in [3.05, 3.63) is 90.8 Å². The number of aromatic nitrogens is 3. The molecule has 1 heterocycles. The minimum absolute atomic E-state index is 0.127. The third-order valence-corrected chi connectivity index (χ3v) is 5.93. The lowest BCUT2D eigenvalue weighted by Crippen LogP contribution is -2.22. The van der Waals surface area contributed by atoms with Gasteiger partial charge in [0, 0.05) is 11.8 Å². The lowest BCUT2D eigenvalue weighted by molar-refractivity contribution is -0.115. The van der Waals surface area contributed by atoms with Crippen LogP contribution in [-0.4, -0.2) is 33.0 Å². The molecular weight excluding hydrogens is 436 g/mol. The molecule has 3 aromatic carbocycles. The number of anilines is 1. The lowest BCUT2D eigenvalue weighted by Gasteiger charge is -2.13. The standard InChI is InChI=1S/C25H24N4O3S/c1-18(33-25-28-26-17-29(25)21-9-6-10-23(15-21)31-2)24(30)27-20-11-13-22(14-12-20)32-16-19-7-4-3-5-8-19/h3-15,17-18H,16H2,1-2H3,(H,27,30). The summed E-state index contributed by atoms with van der Waals surface area (Å²) in [7, 11) is 1.62. The maximum Gasteiger partial charge on any atom is 0.237 e. The summed E-state index contributed by atoms with van der Waals surface area (Å²) >= 11 is 1.33. The normalized spacial score (nSPS) is 11.6. The topological polar surface area (TPSA) is 78.3 Å². The highest BCUT2D eigenvalue weighted by Crippen LogP contribution is 2.26. The van der Waals surface area contributed by atoms with Crippen molar-refractivity contribution in [3.8, 4) is 17.2 Å². The second kappa shape index (κ2) is 10.7. The van der Waals surface area contributed by atoms with Crippen LogP contribution in [0.15, 0.2) is 90.3 Å². The van der Waals surface area contributed by atoms with Crippen LogP contribution < -0.4 is 14.8 Å². The van der Waals surface area contributed by atoms with E-state index in [4.69, 9.17) is 9.47 Å². The summed E-state index contributed by atoms with van der Waals surface area (Å²) in [5, 5.41) is 11.4. The summed E-state index contributed by atoms with van der Waals surface area (Å²) in [6.45, 7) is 2.33. The van der Waals surface area contributed by atoms with E-state index in [0.29, 0.717) is 17.5 Å². The molecule has 1 N–H and O–H groups in total. The molecule has 4 aromatic rings. The molecule has 0 radical (unpaired) electrons. The first-order valence-electron chi connectivity index (χ1n) is 10.4. The Labute approximate surface area is 196 Å². The van der Waals surface area contributed by atoms with Crippen molar-refractivity contribution in [2.24, 2.45) is 0 Å². The van der Waals surface area contributed by atoms with Gasteiger partial charge in [-0.2, -0.15) is 0 Å². The molecule has 7 nitrogen and oxygen atoms in total. The maximum absolute atomic E-state index is 12.7. The molecule has 0 aliphatic carbocycles. The molecule has 168 valence electrons. The Kier molecular flexibility index (Phi) is 7.26. The Morgan fingerprint density at radius 3 is 2.58 bits per heavy atom. The molecule has 1 amide bonds. The van der Waals surface area contributed by atoms with E-state index in [1.807, 2.05) is 90.4 Å². The lowest BCUT2D eigenvalue weighted by atomic mass is 10.2. The Hall–Kier alpha value is -3.78. The number of benzene rings is 3. The number of thioether (sulfide) groups is 1. The SMILES string of the molecule is COc1cccc(-n2cnnc2SC(C)C(=O)Nc2ccc(OCc3ccccc3)cc2)c1. The molecule has 1 aromatic heterocycles. The predicted octanol–water partition coefficient (Wildman–Crippen LogP) is 4.97. The van der Waals surface area contributed by atoms with Gasteiger partial charge in [-0.3, -0.25) is 9.36 Å². The molecule has 0 aliphatic rings. The third-order valence-electron chi connectivity index (χ3n) is 4.87. The number of carbonyl (C=O) groups excluding carboxylic acids is 1. The van der Waals surface area contributed by atoms with Gasteiger partial charge in [0.25, 0.3) is 0 Å². The Balaban J connectivity index is 1.34. The number of nitrogens with one attached hydrogen (secondary N) is 1. The van der Waals surface area contributed by atoms with Gasteiger partial charge in [0.15, 0.2) is 5.16 Å². The monoisotopic (exact) mass is 460 g/mol. The predicted molar refractivity (Wildman–Crippen MR) is 129 cm³/mol. The molecule has 4 rings (SSSR count). The van der Waals surface area contributed by atoms with Crippen LogP contribution >= 0.6 is 11.8 Å². The van der Waals surface area contributed by atoms with Crippen molar-refractivity contribution in [2.45, 2.75) is 23.9 Å². The van der Waals surface area contributed by atoms with Gasteiger partial charge in [0.05, 0.1) is 18.0 Å². The summed E-state index contributed by atoms with van der Waals surface area (Å²) in [6.07, 6.45) is 1.62. The highest BCUT2D eigenvalue weighted by molar-refractivity contribution is 8.00. The minimum Gasteiger partial charge on any atom is -0.497 e. The summed E-state index contributed by atoms with van der Waals surface area (Å²) in [6, 6.07) is 24.9. The van der Waals surface area contributed by atoms with Crippen LogP contribution in [0.25, 0.3) is 5.69 Å². The van der Waals surface area contributed by atoms with Gasteiger partial charge < -0.3 is 14.8 Å². The minimum atomic E-state index is -0.382. The fourth-order valence-corrected chi connectivity index (χ4v) is 3.92. The fraction of sp³-hybridized carbons (Fsp3) is 0.160. The van der Waals surface area contributed by atoms with E-state index < -0.39 is 0 Å². The number of nitrogens with zero attached hydrogens (tertiary/aromatic N) is 3. The fourth-order valence-electron chi connectivity index (χ4n) is 3.07. The summed E-state index contributed by atoms with van der Waals surface area (Å²) in [5.41, 5.74) is 2.66. The first kappa shape index (κ1) is 22.4. The van der Waals surface area contributed by atoms with Gasteiger partial charge in [-0.15, -0.1) is 10.2 Å². The van der Waals surface area contributed by atoms with Crippen LogP contribution in [0.3, 0.4) is 0 Å². The molecule has 0 saturated heterocycles. The Bertz CT molecular complexity index is 1200. The van der Waals surface area contributed by atoms with E-state index in [0.717, 1.165) is 22.7 Å². The quantitative estimate of drug-likeness (QED) is 0.355. The van der Waals surface area contributed by atoms with E-state index in [-0.39, 0.29) is 11.2 Å². The molecular formula is C25H24N4O3S. The molecule has 0 aliphatic heterocycles. The number of carbonyl (C=O) groups is 1. The molecule has 0 spiro atoms. The summed E-state index contributed by atoms with van der Waals surface area (Å²) in [4.78, 5) is 12.7. The van der Waals surface area contributed by atoms with Crippen LogP contribution in [0.2, 0.25) is 0 Å². The number of hydrogen-bond acceptors (Lipinski definition) is 6. The van der Waals surface area contributed by atoms with Gasteiger partial charge in [-0.05, 0) is 48.9 Å². The maximum atomic E-state index is 12.7. The van der Waals surface area contributed by atoms with Gasteiger partial charge in [0.1, 0.15) is 24.4 Å². The zero-order valence-corrected chi connectivity index (χ0v) is 19.2.